The van der Waals surface area contributed by atoms with E-state index in [1.165, 1.54) is 6.07 Å². The molecule has 102 valence electrons. The summed E-state index contributed by atoms with van der Waals surface area (Å²) >= 11 is 3.23. The number of carbonyl (C=O) groups excluding carboxylic acids is 1. The summed E-state index contributed by atoms with van der Waals surface area (Å²) in [5.74, 6) is -1.44. The van der Waals surface area contributed by atoms with Gasteiger partial charge in [0.1, 0.15) is 0 Å². The number of nitrogens with one attached hydrogen (secondary N) is 1. The Morgan fingerprint density at radius 2 is 1.95 bits per heavy atom. The van der Waals surface area contributed by atoms with Crippen molar-refractivity contribution in [3.8, 4) is 0 Å². The number of rotatable bonds is 3. The van der Waals surface area contributed by atoms with Crippen LogP contribution in [0.5, 0.6) is 0 Å². The topological polar surface area (TPSA) is 72.2 Å². The molecule has 0 atom stereocenters. The van der Waals surface area contributed by atoms with Crippen LogP contribution in [0, 0.1) is 15.9 Å². The molecule has 0 unspecified atom stereocenters. The highest BCUT2D eigenvalue weighted by Gasteiger charge is 2.15. The number of anilines is 1. The highest BCUT2D eigenvalue weighted by Crippen LogP contribution is 2.22. The third kappa shape index (κ3) is 3.00. The Hall–Kier alpha value is -2.28. The number of hydrogen-bond acceptors (Lipinski definition) is 3. The van der Waals surface area contributed by atoms with Crippen molar-refractivity contribution in [3.63, 3.8) is 0 Å². The standard InChI is InChI=1S/C13H8BrFN2O3/c14-10-4-2-1-3-9(10)13(18)16-8-5-6-12(17(19)20)11(15)7-8/h1-7H,(H,16,18). The first-order valence-electron chi connectivity index (χ1n) is 5.49. The van der Waals surface area contributed by atoms with E-state index >= 15 is 0 Å². The van der Waals surface area contributed by atoms with Crippen molar-refractivity contribution >= 4 is 33.2 Å². The fourth-order valence-electron chi connectivity index (χ4n) is 1.58. The number of carbonyl (C=O) groups is 1. The van der Waals surface area contributed by atoms with Crippen molar-refractivity contribution in [2.24, 2.45) is 0 Å². The van der Waals surface area contributed by atoms with E-state index in [-0.39, 0.29) is 5.69 Å². The molecule has 0 radical (unpaired) electrons. The zero-order valence-electron chi connectivity index (χ0n) is 9.97. The molecule has 0 aliphatic heterocycles. The molecule has 0 saturated heterocycles. The lowest BCUT2D eigenvalue weighted by Gasteiger charge is -2.06. The van der Waals surface area contributed by atoms with E-state index in [2.05, 4.69) is 21.2 Å². The van der Waals surface area contributed by atoms with E-state index in [1.807, 2.05) is 0 Å². The Labute approximate surface area is 121 Å². The van der Waals surface area contributed by atoms with Gasteiger partial charge in [-0.2, -0.15) is 4.39 Å². The second kappa shape index (κ2) is 5.79. The van der Waals surface area contributed by atoms with Crippen LogP contribution < -0.4 is 5.32 Å². The third-order valence-corrected chi connectivity index (χ3v) is 3.21. The first-order valence-corrected chi connectivity index (χ1v) is 6.28. The van der Waals surface area contributed by atoms with Gasteiger partial charge in [0, 0.05) is 22.3 Å². The van der Waals surface area contributed by atoms with Gasteiger partial charge in [-0.25, -0.2) is 0 Å². The molecule has 0 bridgehead atoms. The van der Waals surface area contributed by atoms with Gasteiger partial charge in [-0.1, -0.05) is 12.1 Å². The Morgan fingerprint density at radius 1 is 1.25 bits per heavy atom. The van der Waals surface area contributed by atoms with Crippen molar-refractivity contribution in [2.45, 2.75) is 0 Å². The summed E-state index contributed by atoms with van der Waals surface area (Å²) in [6.07, 6.45) is 0. The minimum absolute atomic E-state index is 0.147. The zero-order chi connectivity index (χ0) is 14.7. The maximum absolute atomic E-state index is 13.4. The minimum atomic E-state index is -1.00. The molecule has 0 fully saturated rings. The van der Waals surface area contributed by atoms with E-state index < -0.39 is 22.3 Å². The fraction of sp³-hybridized carbons (Fsp3) is 0. The SMILES string of the molecule is O=C(Nc1ccc([N+](=O)[O-])c(F)c1)c1ccccc1Br. The number of nitrogens with zero attached hydrogens (tertiary/aromatic N) is 1. The normalized spacial score (nSPS) is 10.1. The molecule has 0 aliphatic carbocycles. The van der Waals surface area contributed by atoms with Crippen molar-refractivity contribution < 1.29 is 14.1 Å². The summed E-state index contributed by atoms with van der Waals surface area (Å²) < 4.78 is 14.0. The van der Waals surface area contributed by atoms with Crippen molar-refractivity contribution in [3.05, 3.63) is 68.4 Å². The average molecular weight is 339 g/mol. The Morgan fingerprint density at radius 3 is 2.55 bits per heavy atom. The van der Waals surface area contributed by atoms with Gasteiger partial charge in [0.15, 0.2) is 0 Å². The highest BCUT2D eigenvalue weighted by molar-refractivity contribution is 9.10. The Kier molecular flexibility index (Phi) is 4.09. The van der Waals surface area contributed by atoms with E-state index in [0.29, 0.717) is 10.0 Å². The van der Waals surface area contributed by atoms with Crippen LogP contribution in [0.3, 0.4) is 0 Å². The zero-order valence-corrected chi connectivity index (χ0v) is 11.6. The second-order valence-electron chi connectivity index (χ2n) is 3.86. The van der Waals surface area contributed by atoms with Crippen LogP contribution in [-0.2, 0) is 0 Å². The van der Waals surface area contributed by atoms with Crippen LogP contribution in [0.25, 0.3) is 0 Å². The van der Waals surface area contributed by atoms with E-state index in [1.54, 1.807) is 24.3 Å². The van der Waals surface area contributed by atoms with Crippen LogP contribution in [0.4, 0.5) is 15.8 Å². The average Bonchev–Trinajstić information content (AvgIpc) is 2.38. The van der Waals surface area contributed by atoms with Crippen molar-refractivity contribution in [2.75, 3.05) is 5.32 Å². The molecule has 0 heterocycles. The van der Waals surface area contributed by atoms with Crippen LogP contribution in [0.1, 0.15) is 10.4 Å². The largest absolute Gasteiger partial charge is 0.322 e. The van der Waals surface area contributed by atoms with Gasteiger partial charge in [-0.15, -0.1) is 0 Å². The summed E-state index contributed by atoms with van der Waals surface area (Å²) in [4.78, 5) is 21.6. The summed E-state index contributed by atoms with van der Waals surface area (Å²) in [6.45, 7) is 0. The smallest absolute Gasteiger partial charge is 0.304 e. The van der Waals surface area contributed by atoms with Crippen LogP contribution in [0.2, 0.25) is 0 Å². The van der Waals surface area contributed by atoms with Gasteiger partial charge < -0.3 is 5.32 Å². The lowest BCUT2D eigenvalue weighted by Crippen LogP contribution is -2.12. The monoisotopic (exact) mass is 338 g/mol. The van der Waals surface area contributed by atoms with E-state index in [4.69, 9.17) is 0 Å². The molecule has 1 amide bonds. The van der Waals surface area contributed by atoms with E-state index in [0.717, 1.165) is 12.1 Å². The quantitative estimate of drug-likeness (QED) is 0.684. The molecule has 0 spiro atoms. The number of benzene rings is 2. The molecular weight excluding hydrogens is 331 g/mol. The molecule has 20 heavy (non-hydrogen) atoms. The first-order chi connectivity index (χ1) is 9.49. The molecule has 7 heteroatoms. The van der Waals surface area contributed by atoms with Crippen LogP contribution >= 0.6 is 15.9 Å². The summed E-state index contributed by atoms with van der Waals surface area (Å²) in [5.41, 5.74) is -0.107. The lowest BCUT2D eigenvalue weighted by molar-refractivity contribution is -0.387. The molecule has 0 aliphatic rings. The third-order valence-electron chi connectivity index (χ3n) is 2.52. The molecule has 1 N–H and O–H groups in total. The van der Waals surface area contributed by atoms with Crippen molar-refractivity contribution in [1.29, 1.82) is 0 Å². The Balaban J connectivity index is 2.23. The molecular formula is C13H8BrFN2O3. The van der Waals surface area contributed by atoms with Gasteiger partial charge in [-0.05, 0) is 34.1 Å². The predicted octanol–water partition coefficient (Wildman–Crippen LogP) is 3.75. The summed E-state index contributed by atoms with van der Waals surface area (Å²) in [7, 11) is 0. The molecule has 2 aromatic rings. The van der Waals surface area contributed by atoms with Gasteiger partial charge in [0.05, 0.1) is 10.5 Å². The number of nitro benzene ring substituents is 1. The molecule has 5 nitrogen and oxygen atoms in total. The first kappa shape index (κ1) is 14.1. The maximum Gasteiger partial charge on any atom is 0.304 e. The number of nitro groups is 1. The molecule has 2 aromatic carbocycles. The predicted molar refractivity (Wildman–Crippen MR) is 75.1 cm³/mol. The molecule has 0 aromatic heterocycles. The summed E-state index contributed by atoms with van der Waals surface area (Å²) in [5, 5.41) is 13.0. The minimum Gasteiger partial charge on any atom is -0.322 e. The second-order valence-corrected chi connectivity index (χ2v) is 4.71. The van der Waals surface area contributed by atoms with Crippen LogP contribution in [0.15, 0.2) is 46.9 Å². The van der Waals surface area contributed by atoms with E-state index in [9.17, 15) is 19.3 Å². The van der Waals surface area contributed by atoms with Gasteiger partial charge in [0.25, 0.3) is 5.91 Å². The number of halogens is 2. The van der Waals surface area contributed by atoms with Gasteiger partial charge in [-0.3, -0.25) is 14.9 Å². The Bertz CT molecular complexity index is 691. The number of amides is 1. The molecule has 2 rings (SSSR count). The maximum atomic E-state index is 13.4. The van der Waals surface area contributed by atoms with Crippen molar-refractivity contribution in [1.82, 2.24) is 0 Å². The van der Waals surface area contributed by atoms with Gasteiger partial charge in [0.2, 0.25) is 5.82 Å². The molecule has 0 saturated carbocycles. The fourth-order valence-corrected chi connectivity index (χ4v) is 2.04. The van der Waals surface area contributed by atoms with Crippen LogP contribution in [-0.4, -0.2) is 10.8 Å². The highest BCUT2D eigenvalue weighted by atomic mass is 79.9. The number of hydrogen-bond donors (Lipinski definition) is 1. The summed E-state index contributed by atoms with van der Waals surface area (Å²) in [6, 6.07) is 9.93. The lowest BCUT2D eigenvalue weighted by atomic mass is 10.2. The van der Waals surface area contributed by atoms with Gasteiger partial charge >= 0.3 is 5.69 Å².